The first kappa shape index (κ1) is 15.4. The van der Waals surface area contributed by atoms with Crippen molar-refractivity contribution in [2.24, 2.45) is 5.41 Å². The van der Waals surface area contributed by atoms with E-state index in [2.05, 4.69) is 11.4 Å². The van der Waals surface area contributed by atoms with Gasteiger partial charge in [0.25, 0.3) is 0 Å². The van der Waals surface area contributed by atoms with E-state index in [4.69, 9.17) is 5.26 Å². The number of hydrogen-bond donors (Lipinski definition) is 1. The Balaban J connectivity index is 3.40. The fourth-order valence-corrected chi connectivity index (χ4v) is 1.77. The Hall–Kier alpha value is -0.600. The zero-order valence-corrected chi connectivity index (χ0v) is 11.2. The zero-order chi connectivity index (χ0) is 12.7. The van der Waals surface area contributed by atoms with E-state index in [1.807, 2.05) is 13.8 Å². The van der Waals surface area contributed by atoms with Crippen LogP contribution in [0.5, 0.6) is 0 Å². The smallest absolute Gasteiger partial charge is 0.148 e. The van der Waals surface area contributed by atoms with Crippen LogP contribution in [0.25, 0.3) is 0 Å². The first-order valence-electron chi connectivity index (χ1n) is 5.56. The van der Waals surface area contributed by atoms with E-state index < -0.39 is 9.84 Å². The van der Waals surface area contributed by atoms with E-state index in [1.54, 1.807) is 0 Å². The molecule has 0 aromatic rings. The SMILES string of the molecule is CC(C)(C#N)CCCCNCCS(C)(=O)=O. The molecule has 0 aromatic carbocycles. The summed E-state index contributed by atoms with van der Waals surface area (Å²) in [6.45, 7) is 5.20. The standard InChI is InChI=1S/C11H22N2O2S/c1-11(2,10-12)6-4-5-7-13-8-9-16(3,14)15/h13H,4-9H2,1-3H3. The average Bonchev–Trinajstić information content (AvgIpc) is 2.14. The highest BCUT2D eigenvalue weighted by molar-refractivity contribution is 7.90. The molecule has 1 N–H and O–H groups in total. The third kappa shape index (κ3) is 9.94. The lowest BCUT2D eigenvalue weighted by atomic mass is 9.89. The molecule has 0 fully saturated rings. The second-order valence-electron chi connectivity index (χ2n) is 4.83. The normalized spacial score (nSPS) is 12.4. The molecule has 0 aromatic heterocycles. The second-order valence-corrected chi connectivity index (χ2v) is 7.09. The molecule has 0 radical (unpaired) electrons. The molecule has 0 aliphatic rings. The van der Waals surface area contributed by atoms with Crippen molar-refractivity contribution in [1.29, 1.82) is 5.26 Å². The number of rotatable bonds is 8. The summed E-state index contributed by atoms with van der Waals surface area (Å²) in [5, 5.41) is 11.9. The van der Waals surface area contributed by atoms with Crippen molar-refractivity contribution in [1.82, 2.24) is 5.32 Å². The lowest BCUT2D eigenvalue weighted by Gasteiger charge is -2.14. The molecule has 0 spiro atoms. The van der Waals surface area contributed by atoms with E-state index >= 15 is 0 Å². The summed E-state index contributed by atoms with van der Waals surface area (Å²) >= 11 is 0. The Morgan fingerprint density at radius 1 is 1.25 bits per heavy atom. The molecule has 5 heteroatoms. The molecular weight excluding hydrogens is 224 g/mol. The molecule has 16 heavy (non-hydrogen) atoms. The third-order valence-corrected chi connectivity index (χ3v) is 3.30. The average molecular weight is 246 g/mol. The fraction of sp³-hybridized carbons (Fsp3) is 0.909. The Morgan fingerprint density at radius 3 is 2.38 bits per heavy atom. The van der Waals surface area contributed by atoms with Crippen LogP contribution < -0.4 is 5.32 Å². The summed E-state index contributed by atoms with van der Waals surface area (Å²) in [6, 6.07) is 2.26. The van der Waals surface area contributed by atoms with Gasteiger partial charge < -0.3 is 5.32 Å². The fourth-order valence-electron chi connectivity index (χ4n) is 1.26. The quantitative estimate of drug-likeness (QED) is 0.656. The van der Waals surface area contributed by atoms with Crippen LogP contribution in [0.3, 0.4) is 0 Å². The van der Waals surface area contributed by atoms with Crippen LogP contribution in [0.4, 0.5) is 0 Å². The van der Waals surface area contributed by atoms with Gasteiger partial charge in [-0.05, 0) is 33.2 Å². The van der Waals surface area contributed by atoms with Gasteiger partial charge in [0.2, 0.25) is 0 Å². The number of nitrogens with one attached hydrogen (secondary N) is 1. The Kier molecular flexibility index (Phi) is 6.61. The molecule has 4 nitrogen and oxygen atoms in total. The maximum atomic E-state index is 10.8. The highest BCUT2D eigenvalue weighted by atomic mass is 32.2. The van der Waals surface area contributed by atoms with Crippen molar-refractivity contribution < 1.29 is 8.42 Å². The van der Waals surface area contributed by atoms with E-state index in [-0.39, 0.29) is 11.2 Å². The minimum absolute atomic E-state index is 0.191. The minimum Gasteiger partial charge on any atom is -0.316 e. The van der Waals surface area contributed by atoms with Crippen molar-refractivity contribution in [2.45, 2.75) is 33.1 Å². The lowest BCUT2D eigenvalue weighted by molar-refractivity contribution is 0.423. The third-order valence-electron chi connectivity index (χ3n) is 2.36. The summed E-state index contributed by atoms with van der Waals surface area (Å²) in [5.74, 6) is 0.191. The van der Waals surface area contributed by atoms with Crippen molar-refractivity contribution >= 4 is 9.84 Å². The number of nitrogens with zero attached hydrogens (tertiary/aromatic N) is 1. The highest BCUT2D eigenvalue weighted by Crippen LogP contribution is 2.21. The van der Waals surface area contributed by atoms with Crippen LogP contribution >= 0.6 is 0 Å². The van der Waals surface area contributed by atoms with Gasteiger partial charge >= 0.3 is 0 Å². The molecule has 0 saturated carbocycles. The number of unbranched alkanes of at least 4 members (excludes halogenated alkanes) is 1. The Morgan fingerprint density at radius 2 is 1.88 bits per heavy atom. The number of hydrogen-bond acceptors (Lipinski definition) is 4. The molecule has 0 aliphatic heterocycles. The topological polar surface area (TPSA) is 70.0 Å². The summed E-state index contributed by atoms with van der Waals surface area (Å²) < 4.78 is 21.6. The zero-order valence-electron chi connectivity index (χ0n) is 10.4. The van der Waals surface area contributed by atoms with E-state index in [0.717, 1.165) is 25.8 Å². The van der Waals surface area contributed by atoms with Crippen molar-refractivity contribution in [3.8, 4) is 6.07 Å². The van der Waals surface area contributed by atoms with Crippen LogP contribution in [0.15, 0.2) is 0 Å². The van der Waals surface area contributed by atoms with Crippen LogP contribution in [0.1, 0.15) is 33.1 Å². The minimum atomic E-state index is -2.85. The molecule has 0 unspecified atom stereocenters. The molecule has 0 heterocycles. The predicted molar refractivity (Wildman–Crippen MR) is 65.8 cm³/mol. The summed E-state index contributed by atoms with van der Waals surface area (Å²) in [5.41, 5.74) is -0.243. The van der Waals surface area contributed by atoms with Gasteiger partial charge in [-0.2, -0.15) is 5.26 Å². The summed E-state index contributed by atoms with van der Waals surface area (Å²) in [4.78, 5) is 0. The van der Waals surface area contributed by atoms with Gasteiger partial charge in [0.1, 0.15) is 9.84 Å². The first-order valence-corrected chi connectivity index (χ1v) is 7.63. The molecule has 0 atom stereocenters. The largest absolute Gasteiger partial charge is 0.316 e. The van der Waals surface area contributed by atoms with Gasteiger partial charge in [-0.3, -0.25) is 0 Å². The van der Waals surface area contributed by atoms with Crippen molar-refractivity contribution in [2.75, 3.05) is 25.1 Å². The maximum absolute atomic E-state index is 10.8. The number of sulfone groups is 1. The molecule has 94 valence electrons. The Labute approximate surface area is 99.0 Å². The van der Waals surface area contributed by atoms with Crippen molar-refractivity contribution in [3.05, 3.63) is 0 Å². The van der Waals surface area contributed by atoms with E-state index in [1.165, 1.54) is 6.26 Å². The molecule has 0 aliphatic carbocycles. The molecule has 0 saturated heterocycles. The van der Waals surface area contributed by atoms with Gasteiger partial charge in [-0.25, -0.2) is 8.42 Å². The second kappa shape index (κ2) is 6.87. The summed E-state index contributed by atoms with van der Waals surface area (Å²) in [7, 11) is -2.85. The van der Waals surface area contributed by atoms with Gasteiger partial charge in [-0.15, -0.1) is 0 Å². The lowest BCUT2D eigenvalue weighted by Crippen LogP contribution is -2.23. The molecular formula is C11H22N2O2S. The van der Waals surface area contributed by atoms with Gasteiger partial charge in [0.15, 0.2) is 0 Å². The highest BCUT2D eigenvalue weighted by Gasteiger charge is 2.15. The van der Waals surface area contributed by atoms with E-state index in [0.29, 0.717) is 6.54 Å². The summed E-state index contributed by atoms with van der Waals surface area (Å²) in [6.07, 6.45) is 4.10. The van der Waals surface area contributed by atoms with Crippen LogP contribution in [0.2, 0.25) is 0 Å². The predicted octanol–water partition coefficient (Wildman–Crippen LogP) is 1.34. The van der Waals surface area contributed by atoms with Crippen LogP contribution in [-0.2, 0) is 9.84 Å². The number of nitriles is 1. The van der Waals surface area contributed by atoms with Crippen molar-refractivity contribution in [3.63, 3.8) is 0 Å². The molecule has 0 amide bonds. The maximum Gasteiger partial charge on any atom is 0.148 e. The monoisotopic (exact) mass is 246 g/mol. The first-order chi connectivity index (χ1) is 7.27. The van der Waals surface area contributed by atoms with Crippen LogP contribution in [-0.4, -0.2) is 33.5 Å². The molecule has 0 rings (SSSR count). The van der Waals surface area contributed by atoms with Gasteiger partial charge in [0, 0.05) is 12.8 Å². The van der Waals surface area contributed by atoms with Crippen LogP contribution in [0, 0.1) is 16.7 Å². The molecule has 0 bridgehead atoms. The van der Waals surface area contributed by atoms with E-state index in [9.17, 15) is 8.42 Å². The van der Waals surface area contributed by atoms with Gasteiger partial charge in [0.05, 0.1) is 17.2 Å². The van der Waals surface area contributed by atoms with Gasteiger partial charge in [-0.1, -0.05) is 6.42 Å². The Bertz CT molecular complexity index is 328.